The molecule has 1 amide bonds. The number of nitrogens with one attached hydrogen (secondary N) is 1. The molecule has 1 aliphatic rings. The van der Waals surface area contributed by atoms with Crippen LogP contribution in [0.25, 0.3) is 11.3 Å². The molecule has 8 heteroatoms. The SMILES string of the molecule is Cc1c(S(N)(=O)=O)cc(-c2cc(OC(C)C)cc(C(=O)NC(C)(C)C)c2)n1CC1CCCCC1. The van der Waals surface area contributed by atoms with Gasteiger partial charge in [-0.1, -0.05) is 19.3 Å². The van der Waals surface area contributed by atoms with Crippen LogP contribution in [-0.2, 0) is 16.6 Å². The van der Waals surface area contributed by atoms with Gasteiger partial charge < -0.3 is 14.6 Å². The fraction of sp³-hybridized carbons (Fsp3) is 0.577. The summed E-state index contributed by atoms with van der Waals surface area (Å²) in [6, 6.07) is 7.03. The predicted octanol–water partition coefficient (Wildman–Crippen LogP) is 5.01. The van der Waals surface area contributed by atoms with E-state index in [1.165, 1.54) is 19.3 Å². The summed E-state index contributed by atoms with van der Waals surface area (Å²) < 4.78 is 32.7. The van der Waals surface area contributed by atoms with Crippen LogP contribution in [0.3, 0.4) is 0 Å². The molecule has 0 atom stereocenters. The molecule has 0 spiro atoms. The van der Waals surface area contributed by atoms with Gasteiger partial charge in [-0.15, -0.1) is 0 Å². The molecule has 1 aliphatic carbocycles. The maximum absolute atomic E-state index is 13.0. The van der Waals surface area contributed by atoms with Gasteiger partial charge in [0.2, 0.25) is 10.0 Å². The summed E-state index contributed by atoms with van der Waals surface area (Å²) in [5.41, 5.74) is 2.14. The molecule has 0 bridgehead atoms. The molecule has 0 aliphatic heterocycles. The fourth-order valence-corrected chi connectivity index (χ4v) is 5.44. The Labute approximate surface area is 204 Å². The van der Waals surface area contributed by atoms with Crippen LogP contribution in [-0.4, -0.2) is 30.5 Å². The summed E-state index contributed by atoms with van der Waals surface area (Å²) in [6.07, 6.45) is 5.80. The number of hydrogen-bond acceptors (Lipinski definition) is 4. The van der Waals surface area contributed by atoms with Gasteiger partial charge in [-0.3, -0.25) is 4.79 Å². The maximum atomic E-state index is 13.0. The van der Waals surface area contributed by atoms with Crippen LogP contribution in [0.15, 0.2) is 29.2 Å². The van der Waals surface area contributed by atoms with Crippen molar-refractivity contribution in [2.75, 3.05) is 0 Å². The Bertz CT molecular complexity index is 1140. The first-order chi connectivity index (χ1) is 15.7. The summed E-state index contributed by atoms with van der Waals surface area (Å²) >= 11 is 0. The molecule has 0 unspecified atom stereocenters. The summed E-state index contributed by atoms with van der Waals surface area (Å²) in [5.74, 6) is 0.828. The number of rotatable bonds is 7. The molecule has 188 valence electrons. The first-order valence-electron chi connectivity index (χ1n) is 12.1. The number of hydrogen-bond donors (Lipinski definition) is 2. The number of benzene rings is 1. The highest BCUT2D eigenvalue weighted by Crippen LogP contribution is 2.34. The average molecular weight is 490 g/mol. The quantitative estimate of drug-likeness (QED) is 0.571. The molecule has 34 heavy (non-hydrogen) atoms. The van der Waals surface area contributed by atoms with Crippen molar-refractivity contribution in [3.8, 4) is 17.0 Å². The third-order valence-corrected chi connectivity index (χ3v) is 7.14. The Morgan fingerprint density at radius 3 is 2.35 bits per heavy atom. The molecule has 7 nitrogen and oxygen atoms in total. The number of primary sulfonamides is 1. The number of aromatic nitrogens is 1. The molecule has 0 radical (unpaired) electrons. The minimum absolute atomic E-state index is 0.0791. The second kappa shape index (κ2) is 10.1. The molecular weight excluding hydrogens is 450 g/mol. The molecule has 2 aromatic rings. The van der Waals surface area contributed by atoms with E-state index in [-0.39, 0.29) is 16.9 Å². The van der Waals surface area contributed by atoms with Gasteiger partial charge in [-0.25, -0.2) is 13.6 Å². The molecule has 0 saturated heterocycles. The van der Waals surface area contributed by atoms with Crippen LogP contribution in [0.1, 0.15) is 82.8 Å². The van der Waals surface area contributed by atoms with E-state index in [0.29, 0.717) is 22.9 Å². The fourth-order valence-electron chi connectivity index (χ4n) is 4.64. The van der Waals surface area contributed by atoms with Crippen molar-refractivity contribution in [1.82, 2.24) is 9.88 Å². The first kappa shape index (κ1) is 26.3. The lowest BCUT2D eigenvalue weighted by Gasteiger charge is -2.25. The van der Waals surface area contributed by atoms with Gasteiger partial charge in [0.25, 0.3) is 5.91 Å². The van der Waals surface area contributed by atoms with Crippen molar-refractivity contribution >= 4 is 15.9 Å². The van der Waals surface area contributed by atoms with Gasteiger partial charge in [0.1, 0.15) is 10.6 Å². The second-order valence-electron chi connectivity index (χ2n) is 10.8. The molecule has 1 aromatic heterocycles. The Morgan fingerprint density at radius 1 is 1.15 bits per heavy atom. The summed E-state index contributed by atoms with van der Waals surface area (Å²) in [4.78, 5) is 13.1. The lowest BCUT2D eigenvalue weighted by molar-refractivity contribution is 0.0918. The largest absolute Gasteiger partial charge is 0.491 e. The molecule has 1 aromatic carbocycles. The highest BCUT2D eigenvalue weighted by molar-refractivity contribution is 7.89. The van der Waals surface area contributed by atoms with Crippen molar-refractivity contribution in [3.05, 3.63) is 35.5 Å². The third-order valence-electron chi connectivity index (χ3n) is 6.12. The predicted molar refractivity (Wildman–Crippen MR) is 136 cm³/mol. The standard InChI is InChI=1S/C26H39N3O4S/c1-17(2)33-22-13-20(12-21(14-22)25(30)28-26(4,5)6)23-15-24(34(27,31)32)18(3)29(23)16-19-10-8-7-9-11-19/h12-15,17,19H,7-11,16H2,1-6H3,(H,28,30)(H2,27,31,32). The van der Waals surface area contributed by atoms with Crippen molar-refractivity contribution in [2.45, 2.75) is 96.7 Å². The number of nitrogens with zero attached hydrogens (tertiary/aromatic N) is 1. The summed E-state index contributed by atoms with van der Waals surface area (Å²) in [5, 5.41) is 8.56. The number of nitrogens with two attached hydrogens (primary N) is 1. The third kappa shape index (κ3) is 6.63. The molecular formula is C26H39N3O4S. The maximum Gasteiger partial charge on any atom is 0.251 e. The van der Waals surface area contributed by atoms with Crippen molar-refractivity contribution < 1.29 is 17.9 Å². The molecule has 3 rings (SSSR count). The van der Waals surface area contributed by atoms with Crippen LogP contribution < -0.4 is 15.2 Å². The van der Waals surface area contributed by atoms with Crippen molar-refractivity contribution in [2.24, 2.45) is 11.1 Å². The number of amides is 1. The monoisotopic (exact) mass is 489 g/mol. The normalized spacial score (nSPS) is 15.5. The Hall–Kier alpha value is -2.32. The van der Waals surface area contributed by atoms with E-state index in [0.717, 1.165) is 30.6 Å². The van der Waals surface area contributed by atoms with Crippen molar-refractivity contribution in [3.63, 3.8) is 0 Å². The van der Waals surface area contributed by atoms with E-state index in [1.54, 1.807) is 25.1 Å². The molecule has 3 N–H and O–H groups in total. The minimum Gasteiger partial charge on any atom is -0.491 e. The average Bonchev–Trinajstić information content (AvgIpc) is 3.03. The van der Waals surface area contributed by atoms with Crippen LogP contribution in [0, 0.1) is 12.8 Å². The van der Waals surface area contributed by atoms with Crippen LogP contribution in [0.4, 0.5) is 0 Å². The van der Waals surface area contributed by atoms with E-state index in [2.05, 4.69) is 9.88 Å². The number of carbonyl (C=O) groups is 1. The zero-order chi connectivity index (χ0) is 25.3. The zero-order valence-corrected chi connectivity index (χ0v) is 22.1. The number of sulfonamides is 1. The van der Waals surface area contributed by atoms with E-state index >= 15 is 0 Å². The van der Waals surface area contributed by atoms with E-state index in [9.17, 15) is 13.2 Å². The Balaban J connectivity index is 2.15. The van der Waals surface area contributed by atoms with E-state index < -0.39 is 15.6 Å². The highest BCUT2D eigenvalue weighted by Gasteiger charge is 2.25. The van der Waals surface area contributed by atoms with Gasteiger partial charge in [0, 0.05) is 34.6 Å². The minimum atomic E-state index is -3.89. The smallest absolute Gasteiger partial charge is 0.251 e. The van der Waals surface area contributed by atoms with Gasteiger partial charge in [-0.05, 0) is 84.6 Å². The summed E-state index contributed by atoms with van der Waals surface area (Å²) in [7, 11) is -3.89. The summed E-state index contributed by atoms with van der Waals surface area (Å²) in [6.45, 7) is 12.2. The van der Waals surface area contributed by atoms with Gasteiger partial charge in [0.15, 0.2) is 0 Å². The lowest BCUT2D eigenvalue weighted by atomic mass is 9.89. The Morgan fingerprint density at radius 2 is 1.79 bits per heavy atom. The highest BCUT2D eigenvalue weighted by atomic mass is 32.2. The lowest BCUT2D eigenvalue weighted by Crippen LogP contribution is -2.40. The van der Waals surface area contributed by atoms with Crippen LogP contribution >= 0.6 is 0 Å². The van der Waals surface area contributed by atoms with Gasteiger partial charge >= 0.3 is 0 Å². The van der Waals surface area contributed by atoms with E-state index in [1.807, 2.05) is 40.7 Å². The van der Waals surface area contributed by atoms with Gasteiger partial charge in [0.05, 0.1) is 6.10 Å². The first-order valence-corrected chi connectivity index (χ1v) is 13.7. The van der Waals surface area contributed by atoms with E-state index in [4.69, 9.17) is 9.88 Å². The molecule has 1 heterocycles. The zero-order valence-electron chi connectivity index (χ0n) is 21.3. The van der Waals surface area contributed by atoms with Crippen molar-refractivity contribution in [1.29, 1.82) is 0 Å². The number of carbonyl (C=O) groups excluding carboxylic acids is 1. The molecule has 1 saturated carbocycles. The second-order valence-corrected chi connectivity index (χ2v) is 12.3. The van der Waals surface area contributed by atoms with Crippen LogP contribution in [0.5, 0.6) is 5.75 Å². The van der Waals surface area contributed by atoms with Gasteiger partial charge in [-0.2, -0.15) is 0 Å². The Kier molecular flexibility index (Phi) is 7.82. The molecule has 1 fully saturated rings. The van der Waals surface area contributed by atoms with Crippen LogP contribution in [0.2, 0.25) is 0 Å². The topological polar surface area (TPSA) is 103 Å². The number of ether oxygens (including phenoxy) is 1.